The van der Waals surface area contributed by atoms with Crippen LogP contribution >= 0.6 is 23.5 Å². The molecule has 0 unspecified atom stereocenters. The first-order valence-electron chi connectivity index (χ1n) is 10.2. The minimum atomic E-state index is 1.18. The highest BCUT2D eigenvalue weighted by Gasteiger charge is 2.05. The van der Waals surface area contributed by atoms with E-state index in [0.717, 1.165) is 0 Å². The SMILES string of the molecule is CC.CN(c1ccc(Sc2ccccc2)cc1)c1ccc(Sc2ccccc2)cc1. The molecule has 0 saturated carbocycles. The lowest BCUT2D eigenvalue weighted by Crippen LogP contribution is -2.08. The second kappa shape index (κ2) is 11.5. The van der Waals surface area contributed by atoms with Crippen molar-refractivity contribution in [2.45, 2.75) is 33.4 Å². The summed E-state index contributed by atoms with van der Waals surface area (Å²) in [5.41, 5.74) is 2.36. The maximum atomic E-state index is 2.22. The zero-order valence-corrected chi connectivity index (χ0v) is 19.3. The summed E-state index contributed by atoms with van der Waals surface area (Å²) >= 11 is 3.57. The molecule has 0 aliphatic carbocycles. The summed E-state index contributed by atoms with van der Waals surface area (Å²) in [7, 11) is 2.11. The third kappa shape index (κ3) is 6.19. The first-order chi connectivity index (χ1) is 14.8. The molecule has 0 aliphatic rings. The van der Waals surface area contributed by atoms with Crippen molar-refractivity contribution in [3.8, 4) is 0 Å². The fraction of sp³-hybridized carbons (Fsp3) is 0.111. The average Bonchev–Trinajstić information content (AvgIpc) is 2.82. The maximum absolute atomic E-state index is 2.22. The van der Waals surface area contributed by atoms with Crippen LogP contribution in [-0.2, 0) is 0 Å². The number of nitrogens with zero attached hydrogens (tertiary/aromatic N) is 1. The number of rotatable bonds is 6. The van der Waals surface area contributed by atoms with Crippen molar-refractivity contribution in [2.24, 2.45) is 0 Å². The van der Waals surface area contributed by atoms with Crippen molar-refractivity contribution >= 4 is 34.9 Å². The molecule has 0 fully saturated rings. The molecule has 0 saturated heterocycles. The van der Waals surface area contributed by atoms with Gasteiger partial charge in [0.2, 0.25) is 0 Å². The summed E-state index contributed by atoms with van der Waals surface area (Å²) in [6.07, 6.45) is 0. The Kier molecular flexibility index (Phi) is 8.49. The molecule has 0 spiro atoms. The molecule has 30 heavy (non-hydrogen) atoms. The van der Waals surface area contributed by atoms with Gasteiger partial charge in [-0.1, -0.05) is 73.8 Å². The zero-order chi connectivity index (χ0) is 21.2. The van der Waals surface area contributed by atoms with Crippen molar-refractivity contribution in [3.05, 3.63) is 109 Å². The molecule has 0 aromatic heterocycles. The van der Waals surface area contributed by atoms with Gasteiger partial charge in [-0.3, -0.25) is 0 Å². The van der Waals surface area contributed by atoms with Crippen LogP contribution in [0.4, 0.5) is 11.4 Å². The first-order valence-corrected chi connectivity index (χ1v) is 11.8. The van der Waals surface area contributed by atoms with Crippen molar-refractivity contribution < 1.29 is 0 Å². The van der Waals surface area contributed by atoms with Crippen LogP contribution < -0.4 is 4.90 Å². The molecule has 0 heterocycles. The lowest BCUT2D eigenvalue weighted by Gasteiger charge is -2.20. The highest BCUT2D eigenvalue weighted by Crippen LogP contribution is 2.32. The molecule has 0 bridgehead atoms. The standard InChI is InChI=1S/C25H21NS2.C2H6/c1-26(20-12-16-24(17-13-20)27-22-8-4-2-5-9-22)21-14-18-25(19-15-21)28-23-10-6-3-7-11-23;1-2/h2-19H,1H3;1-2H3. The molecule has 1 nitrogen and oxygen atoms in total. The Bertz CT molecular complexity index is 913. The van der Waals surface area contributed by atoms with Gasteiger partial charge in [-0.05, 0) is 72.8 Å². The first kappa shape index (κ1) is 22.1. The fourth-order valence-electron chi connectivity index (χ4n) is 2.87. The van der Waals surface area contributed by atoms with Crippen LogP contribution in [0.25, 0.3) is 0 Å². The van der Waals surface area contributed by atoms with Gasteiger partial charge in [0.25, 0.3) is 0 Å². The molecule has 4 aromatic carbocycles. The summed E-state index contributed by atoms with van der Waals surface area (Å²) in [4.78, 5) is 7.23. The number of hydrogen-bond donors (Lipinski definition) is 0. The van der Waals surface area contributed by atoms with E-state index in [1.54, 1.807) is 23.5 Å². The normalized spacial score (nSPS) is 10.1. The molecule has 0 atom stereocenters. The van der Waals surface area contributed by atoms with Crippen LogP contribution in [0.1, 0.15) is 13.8 Å². The van der Waals surface area contributed by atoms with Gasteiger partial charge in [0.05, 0.1) is 0 Å². The summed E-state index contributed by atoms with van der Waals surface area (Å²) in [5.74, 6) is 0. The summed E-state index contributed by atoms with van der Waals surface area (Å²) in [6.45, 7) is 4.00. The molecular formula is C27H27NS2. The monoisotopic (exact) mass is 429 g/mol. The third-order valence-electron chi connectivity index (χ3n) is 4.41. The van der Waals surface area contributed by atoms with Gasteiger partial charge in [-0.2, -0.15) is 0 Å². The summed E-state index contributed by atoms with van der Waals surface area (Å²) < 4.78 is 0. The van der Waals surface area contributed by atoms with E-state index < -0.39 is 0 Å². The average molecular weight is 430 g/mol. The predicted octanol–water partition coefficient (Wildman–Crippen LogP) is 8.78. The second-order valence-electron chi connectivity index (χ2n) is 6.38. The van der Waals surface area contributed by atoms with Crippen molar-refractivity contribution in [1.29, 1.82) is 0 Å². The lowest BCUT2D eigenvalue weighted by atomic mass is 10.2. The van der Waals surface area contributed by atoms with E-state index in [4.69, 9.17) is 0 Å². The van der Waals surface area contributed by atoms with E-state index >= 15 is 0 Å². The van der Waals surface area contributed by atoms with Gasteiger partial charge in [-0.15, -0.1) is 0 Å². The van der Waals surface area contributed by atoms with Gasteiger partial charge in [0.15, 0.2) is 0 Å². The second-order valence-corrected chi connectivity index (χ2v) is 8.67. The summed E-state index contributed by atoms with van der Waals surface area (Å²) in [5, 5.41) is 0. The largest absolute Gasteiger partial charge is 0.345 e. The number of anilines is 2. The van der Waals surface area contributed by atoms with E-state index in [0.29, 0.717) is 0 Å². The number of benzene rings is 4. The molecule has 4 aromatic rings. The molecule has 152 valence electrons. The zero-order valence-electron chi connectivity index (χ0n) is 17.7. The minimum absolute atomic E-state index is 1.18. The van der Waals surface area contributed by atoms with E-state index in [1.165, 1.54) is 31.0 Å². The Labute approximate surface area is 189 Å². The topological polar surface area (TPSA) is 3.24 Å². The molecule has 4 rings (SSSR count). The van der Waals surface area contributed by atoms with Crippen molar-refractivity contribution in [2.75, 3.05) is 11.9 Å². The third-order valence-corrected chi connectivity index (χ3v) is 6.44. The van der Waals surface area contributed by atoms with Crippen LogP contribution in [0.15, 0.2) is 129 Å². The van der Waals surface area contributed by atoms with Gasteiger partial charge >= 0.3 is 0 Å². The lowest BCUT2D eigenvalue weighted by molar-refractivity contribution is 1.19. The Hall–Kier alpha value is -2.62. The maximum Gasteiger partial charge on any atom is 0.0408 e. The van der Waals surface area contributed by atoms with Crippen LogP contribution in [0.5, 0.6) is 0 Å². The molecule has 0 radical (unpaired) electrons. The van der Waals surface area contributed by atoms with Crippen molar-refractivity contribution in [3.63, 3.8) is 0 Å². The number of hydrogen-bond acceptors (Lipinski definition) is 3. The molecule has 0 aliphatic heterocycles. The highest BCUT2D eigenvalue weighted by atomic mass is 32.2. The van der Waals surface area contributed by atoms with E-state index in [9.17, 15) is 0 Å². The van der Waals surface area contributed by atoms with Crippen LogP contribution in [0.2, 0.25) is 0 Å². The highest BCUT2D eigenvalue weighted by molar-refractivity contribution is 7.99. The Morgan fingerprint density at radius 3 is 1.07 bits per heavy atom. The fourth-order valence-corrected chi connectivity index (χ4v) is 4.55. The van der Waals surface area contributed by atoms with Gasteiger partial charge in [0.1, 0.15) is 0 Å². The smallest absolute Gasteiger partial charge is 0.0408 e. The quantitative estimate of drug-likeness (QED) is 0.301. The molecule has 0 N–H and O–H groups in total. The van der Waals surface area contributed by atoms with Crippen LogP contribution in [-0.4, -0.2) is 7.05 Å². The minimum Gasteiger partial charge on any atom is -0.345 e. The van der Waals surface area contributed by atoms with E-state index in [1.807, 2.05) is 26.0 Å². The Balaban J connectivity index is 0.00000124. The Morgan fingerprint density at radius 2 is 0.733 bits per heavy atom. The van der Waals surface area contributed by atoms with Crippen LogP contribution in [0, 0.1) is 0 Å². The van der Waals surface area contributed by atoms with E-state index in [2.05, 4.69) is 109 Å². The van der Waals surface area contributed by atoms with Crippen LogP contribution in [0.3, 0.4) is 0 Å². The van der Waals surface area contributed by atoms with E-state index in [-0.39, 0.29) is 0 Å². The Morgan fingerprint density at radius 1 is 0.433 bits per heavy atom. The molecular weight excluding hydrogens is 402 g/mol. The van der Waals surface area contributed by atoms with Gasteiger partial charge in [-0.25, -0.2) is 0 Å². The van der Waals surface area contributed by atoms with Crippen molar-refractivity contribution in [1.82, 2.24) is 0 Å². The van der Waals surface area contributed by atoms with Gasteiger partial charge < -0.3 is 4.90 Å². The molecule has 0 amide bonds. The molecule has 3 heteroatoms. The summed E-state index contributed by atoms with van der Waals surface area (Å²) in [6, 6.07) is 38.4. The predicted molar refractivity (Wildman–Crippen MR) is 133 cm³/mol. The van der Waals surface area contributed by atoms with Gasteiger partial charge in [0, 0.05) is 38.0 Å².